The van der Waals surface area contributed by atoms with Gasteiger partial charge in [-0.1, -0.05) is 146 Å². The molecule has 4 saturated heterocycles. The Hall–Kier alpha value is -5.74. The predicted octanol–water partition coefficient (Wildman–Crippen LogP) is 6.55. The van der Waals surface area contributed by atoms with E-state index in [9.17, 15) is 0 Å². The maximum absolute atomic E-state index is 5.85. The summed E-state index contributed by atoms with van der Waals surface area (Å²) in [5, 5.41) is 25.8. The summed E-state index contributed by atoms with van der Waals surface area (Å²) in [6.07, 6.45) is 13.7. The van der Waals surface area contributed by atoms with Crippen LogP contribution in [-0.4, -0.2) is 151 Å². The Morgan fingerprint density at radius 2 is 0.864 bits per heavy atom. The van der Waals surface area contributed by atoms with E-state index in [0.717, 1.165) is 129 Å². The van der Waals surface area contributed by atoms with Crippen LogP contribution in [0.3, 0.4) is 0 Å². The van der Waals surface area contributed by atoms with Crippen LogP contribution >= 0.6 is 0 Å². The summed E-state index contributed by atoms with van der Waals surface area (Å²) in [5.41, 5.74) is 4.97. The van der Waals surface area contributed by atoms with Crippen molar-refractivity contribution in [2.75, 3.05) is 78.7 Å². The van der Waals surface area contributed by atoms with Gasteiger partial charge in [0.25, 0.3) is 0 Å². The van der Waals surface area contributed by atoms with Gasteiger partial charge in [-0.25, -0.2) is 9.36 Å². The van der Waals surface area contributed by atoms with Crippen molar-refractivity contribution in [1.82, 2.24) is 60.0 Å². The summed E-state index contributed by atoms with van der Waals surface area (Å²) in [7, 11) is 0. The Balaban J connectivity index is 0.000000166. The van der Waals surface area contributed by atoms with Crippen molar-refractivity contribution in [3.05, 3.63) is 167 Å². The van der Waals surface area contributed by atoms with E-state index in [1.807, 2.05) is 9.36 Å². The molecule has 4 aromatic carbocycles. The van der Waals surface area contributed by atoms with Crippen molar-refractivity contribution in [1.29, 1.82) is 0 Å². The van der Waals surface area contributed by atoms with Crippen LogP contribution in [0.15, 0.2) is 133 Å². The van der Waals surface area contributed by atoms with Gasteiger partial charge in [0.15, 0.2) is 11.6 Å². The summed E-state index contributed by atoms with van der Waals surface area (Å²) in [6, 6.07) is 42.3. The van der Waals surface area contributed by atoms with E-state index in [2.05, 4.69) is 196 Å². The Morgan fingerprint density at radius 1 is 0.485 bits per heavy atom. The lowest BCUT2D eigenvalue weighted by Crippen LogP contribution is -2.48. The minimum Gasteiger partial charge on any atom is -0.376 e. The maximum atomic E-state index is 5.85. The molecule has 0 amide bonds. The zero-order chi connectivity index (χ0) is 44.6. The Kier molecular flexibility index (Phi) is 16.3. The number of aromatic nitrogens is 8. The molecule has 14 nitrogen and oxygen atoms in total. The third-order valence-corrected chi connectivity index (χ3v) is 13.1. The molecule has 0 aliphatic carbocycles. The molecule has 6 aromatic rings. The van der Waals surface area contributed by atoms with E-state index in [-0.39, 0.29) is 24.3 Å². The van der Waals surface area contributed by atoms with E-state index in [0.29, 0.717) is 0 Å². The zero-order valence-corrected chi connectivity index (χ0v) is 38.1. The molecule has 6 heterocycles. The molecule has 0 bridgehead atoms. The number of nitrogens with zero attached hydrogens (tertiary/aromatic N) is 12. The van der Waals surface area contributed by atoms with Crippen LogP contribution in [-0.2, 0) is 22.6 Å². The smallest absolute Gasteiger partial charge is 0.173 e. The molecule has 10 rings (SSSR count). The topological polar surface area (TPSA) is 119 Å². The minimum absolute atomic E-state index is 0.0459. The van der Waals surface area contributed by atoms with Crippen LogP contribution in [0.5, 0.6) is 0 Å². The van der Waals surface area contributed by atoms with Crippen molar-refractivity contribution in [2.45, 2.75) is 63.1 Å². The van der Waals surface area contributed by atoms with Gasteiger partial charge in [0, 0.05) is 78.7 Å². The molecule has 66 heavy (non-hydrogen) atoms. The fourth-order valence-corrected chi connectivity index (χ4v) is 9.57. The number of piperazine rings is 2. The van der Waals surface area contributed by atoms with E-state index in [4.69, 9.17) is 9.47 Å². The Bertz CT molecular complexity index is 2180. The van der Waals surface area contributed by atoms with Gasteiger partial charge in [0.2, 0.25) is 0 Å². The second-order valence-corrected chi connectivity index (χ2v) is 17.6. The summed E-state index contributed by atoms with van der Waals surface area (Å²) in [4.78, 5) is 10.1. The standard InChI is InChI=1S/2C26H32N6O/c2*1-3-9-22(10-4-1)11-7-15-30-16-18-31(19-17-30)25(23-12-5-2-6-13-23)26-27-28-29-32(26)21-24-14-8-20-33-24/h2*1-7,9-13,24-25H,8,14-21H2/b2*11-7+/t2*24?,25-/m10/s1. The molecule has 4 aliphatic heterocycles. The molecule has 4 aliphatic rings. The first-order valence-electron chi connectivity index (χ1n) is 23.9. The molecule has 0 saturated carbocycles. The van der Waals surface area contributed by atoms with Gasteiger partial charge in [-0.15, -0.1) is 10.2 Å². The van der Waals surface area contributed by atoms with Crippen LogP contribution in [0.1, 0.15) is 71.7 Å². The van der Waals surface area contributed by atoms with Gasteiger partial charge in [-0.05, 0) is 68.8 Å². The highest BCUT2D eigenvalue weighted by atomic mass is 16.5. The Labute approximate surface area is 389 Å². The van der Waals surface area contributed by atoms with Gasteiger partial charge < -0.3 is 9.47 Å². The summed E-state index contributed by atoms with van der Waals surface area (Å²) >= 11 is 0. The number of hydrogen-bond donors (Lipinski definition) is 0. The van der Waals surface area contributed by atoms with Crippen LogP contribution in [0.2, 0.25) is 0 Å². The molecule has 14 heteroatoms. The van der Waals surface area contributed by atoms with E-state index >= 15 is 0 Å². The monoisotopic (exact) mass is 889 g/mol. The number of rotatable bonds is 16. The highest BCUT2D eigenvalue weighted by molar-refractivity contribution is 5.49. The van der Waals surface area contributed by atoms with Crippen molar-refractivity contribution < 1.29 is 9.47 Å². The van der Waals surface area contributed by atoms with Crippen LogP contribution in [0.4, 0.5) is 0 Å². The number of hydrogen-bond acceptors (Lipinski definition) is 12. The van der Waals surface area contributed by atoms with Gasteiger partial charge >= 0.3 is 0 Å². The molecule has 0 radical (unpaired) electrons. The number of tetrazole rings is 2. The fraction of sp³-hybridized carbons (Fsp3) is 0.423. The van der Waals surface area contributed by atoms with Crippen molar-refractivity contribution >= 4 is 12.2 Å². The van der Waals surface area contributed by atoms with Gasteiger partial charge in [-0.3, -0.25) is 19.6 Å². The highest BCUT2D eigenvalue weighted by Gasteiger charge is 2.33. The average Bonchev–Trinajstić information content (AvgIpc) is 4.24. The molecule has 2 unspecified atom stereocenters. The third-order valence-electron chi connectivity index (χ3n) is 13.1. The second-order valence-electron chi connectivity index (χ2n) is 17.6. The predicted molar refractivity (Wildman–Crippen MR) is 257 cm³/mol. The molecular weight excluding hydrogens is 825 g/mol. The lowest BCUT2D eigenvalue weighted by Gasteiger charge is -2.38. The zero-order valence-electron chi connectivity index (χ0n) is 38.1. The van der Waals surface area contributed by atoms with Crippen molar-refractivity contribution in [3.8, 4) is 0 Å². The summed E-state index contributed by atoms with van der Waals surface area (Å²) in [5.74, 6) is 1.82. The summed E-state index contributed by atoms with van der Waals surface area (Å²) < 4.78 is 15.6. The van der Waals surface area contributed by atoms with Gasteiger partial charge in [0.1, 0.15) is 0 Å². The first-order chi connectivity index (χ1) is 32.7. The van der Waals surface area contributed by atoms with Crippen LogP contribution < -0.4 is 0 Å². The number of ether oxygens (including phenoxy) is 2. The molecule has 0 spiro atoms. The molecule has 4 atom stereocenters. The van der Waals surface area contributed by atoms with Gasteiger partial charge in [0.05, 0.1) is 37.4 Å². The number of benzene rings is 4. The largest absolute Gasteiger partial charge is 0.376 e. The maximum Gasteiger partial charge on any atom is 0.173 e. The molecule has 0 N–H and O–H groups in total. The fourth-order valence-electron chi connectivity index (χ4n) is 9.57. The SMILES string of the molecule is C(=C\c1ccccc1)/CN1CCN([C@@H](c2ccccc2)c2nnnn2CC2CCCO2)CC1.C(=C\c1ccccc1)/CN1CCN([C@H](c2ccccc2)c2nnnn2CC2CCCO2)CC1. The van der Waals surface area contributed by atoms with Crippen LogP contribution in [0, 0.1) is 0 Å². The first-order valence-corrected chi connectivity index (χ1v) is 23.9. The first kappa shape index (κ1) is 45.4. The quantitative estimate of drug-likeness (QED) is 0.105. The molecule has 2 aromatic heterocycles. The molecular formula is C52H64N12O2. The highest BCUT2D eigenvalue weighted by Crippen LogP contribution is 2.30. The molecule has 344 valence electrons. The third kappa shape index (κ3) is 12.4. The van der Waals surface area contributed by atoms with Crippen molar-refractivity contribution in [3.63, 3.8) is 0 Å². The average molecular weight is 889 g/mol. The van der Waals surface area contributed by atoms with Gasteiger partial charge in [-0.2, -0.15) is 0 Å². The summed E-state index contributed by atoms with van der Waals surface area (Å²) in [6.45, 7) is 13.1. The lowest BCUT2D eigenvalue weighted by molar-refractivity contribution is 0.0867. The van der Waals surface area contributed by atoms with E-state index < -0.39 is 0 Å². The second kappa shape index (κ2) is 23.6. The normalized spacial score (nSPS) is 21.0. The van der Waals surface area contributed by atoms with Crippen molar-refractivity contribution in [2.24, 2.45) is 0 Å². The molecule has 4 fully saturated rings. The van der Waals surface area contributed by atoms with E-state index in [1.165, 1.54) is 22.3 Å². The minimum atomic E-state index is 0.0459. The van der Waals surface area contributed by atoms with E-state index in [1.54, 1.807) is 0 Å². The van der Waals surface area contributed by atoms with Crippen LogP contribution in [0.25, 0.3) is 12.2 Å². The lowest BCUT2D eigenvalue weighted by atomic mass is 10.0. The Morgan fingerprint density at radius 3 is 1.23 bits per heavy atom.